The Morgan fingerprint density at radius 2 is 1.67 bits per heavy atom. The van der Waals surface area contributed by atoms with E-state index in [9.17, 15) is 22.4 Å². The molecule has 0 aromatic heterocycles. The van der Waals surface area contributed by atoms with E-state index >= 15 is 0 Å². The summed E-state index contributed by atoms with van der Waals surface area (Å²) in [4.78, 5) is 11.9. The third kappa shape index (κ3) is 4.15. The van der Waals surface area contributed by atoms with Crippen molar-refractivity contribution in [3.05, 3.63) is 71.0 Å². The lowest BCUT2D eigenvalue weighted by Crippen LogP contribution is -2.06. The fraction of sp³-hybridized carbons (Fsp3) is 0.188. The van der Waals surface area contributed by atoms with Crippen molar-refractivity contribution in [1.29, 1.82) is 0 Å². The van der Waals surface area contributed by atoms with Crippen LogP contribution in [0.1, 0.15) is 27.9 Å². The van der Waals surface area contributed by atoms with E-state index in [0.29, 0.717) is 12.0 Å². The Hall–Kier alpha value is -2.17. The van der Waals surface area contributed by atoms with Gasteiger partial charge >= 0.3 is 6.18 Å². The standard InChI is InChI=1S/C16H12F4O/c17-14-3-1-2-11(10-14)4-9-15(21)12-5-7-13(8-6-12)16(18,19)20/h1-3,5-8,10H,4,9H2. The maximum atomic E-state index is 13.0. The Kier molecular flexibility index (Phi) is 4.40. The van der Waals surface area contributed by atoms with Gasteiger partial charge in [0.1, 0.15) is 5.82 Å². The van der Waals surface area contributed by atoms with Crippen molar-refractivity contribution < 1.29 is 22.4 Å². The Morgan fingerprint density at radius 3 is 2.24 bits per heavy atom. The summed E-state index contributed by atoms with van der Waals surface area (Å²) in [5.41, 5.74) is 0.110. The number of alkyl halides is 3. The van der Waals surface area contributed by atoms with Crippen LogP contribution in [-0.2, 0) is 12.6 Å². The smallest absolute Gasteiger partial charge is 0.294 e. The van der Waals surface area contributed by atoms with Crippen LogP contribution < -0.4 is 0 Å². The molecule has 0 N–H and O–H groups in total. The summed E-state index contributed by atoms with van der Waals surface area (Å²) in [6, 6.07) is 9.98. The first kappa shape index (κ1) is 15.2. The molecule has 0 unspecified atom stereocenters. The third-order valence-corrected chi connectivity index (χ3v) is 3.06. The largest absolute Gasteiger partial charge is 0.416 e. The van der Waals surface area contributed by atoms with E-state index < -0.39 is 11.7 Å². The molecule has 0 radical (unpaired) electrons. The zero-order valence-electron chi connectivity index (χ0n) is 11.0. The lowest BCUT2D eigenvalue weighted by atomic mass is 10.0. The van der Waals surface area contributed by atoms with Crippen molar-refractivity contribution in [2.75, 3.05) is 0 Å². The van der Waals surface area contributed by atoms with E-state index in [1.165, 1.54) is 12.1 Å². The minimum absolute atomic E-state index is 0.120. The molecule has 0 aliphatic carbocycles. The zero-order valence-corrected chi connectivity index (χ0v) is 11.0. The summed E-state index contributed by atoms with van der Waals surface area (Å²) in [5, 5.41) is 0. The van der Waals surface area contributed by atoms with Gasteiger partial charge in [0.25, 0.3) is 0 Å². The Bertz CT molecular complexity index is 629. The van der Waals surface area contributed by atoms with Crippen molar-refractivity contribution in [3.8, 4) is 0 Å². The van der Waals surface area contributed by atoms with Gasteiger partial charge in [0, 0.05) is 12.0 Å². The summed E-state index contributed by atoms with van der Waals surface area (Å²) < 4.78 is 50.2. The molecule has 0 heterocycles. The number of rotatable bonds is 4. The van der Waals surface area contributed by atoms with Crippen LogP contribution in [-0.4, -0.2) is 5.78 Å². The topological polar surface area (TPSA) is 17.1 Å². The van der Waals surface area contributed by atoms with Crippen LogP contribution in [0, 0.1) is 5.82 Å². The van der Waals surface area contributed by atoms with Crippen LogP contribution in [0.15, 0.2) is 48.5 Å². The first-order valence-corrected chi connectivity index (χ1v) is 6.31. The van der Waals surface area contributed by atoms with Gasteiger partial charge in [0.2, 0.25) is 0 Å². The highest BCUT2D eigenvalue weighted by molar-refractivity contribution is 5.96. The van der Waals surface area contributed by atoms with Crippen LogP contribution in [0.5, 0.6) is 0 Å². The van der Waals surface area contributed by atoms with Crippen LogP contribution in [0.25, 0.3) is 0 Å². The molecule has 0 aliphatic rings. The second-order valence-electron chi connectivity index (χ2n) is 4.63. The fourth-order valence-corrected chi connectivity index (χ4v) is 1.94. The van der Waals surface area contributed by atoms with Crippen LogP contribution in [0.4, 0.5) is 17.6 Å². The van der Waals surface area contributed by atoms with Gasteiger partial charge in [0.15, 0.2) is 5.78 Å². The second-order valence-corrected chi connectivity index (χ2v) is 4.63. The zero-order chi connectivity index (χ0) is 15.5. The highest BCUT2D eigenvalue weighted by Gasteiger charge is 2.30. The summed E-state index contributed by atoms with van der Waals surface area (Å²) in [7, 11) is 0. The van der Waals surface area contributed by atoms with Gasteiger partial charge < -0.3 is 0 Å². The van der Waals surface area contributed by atoms with Gasteiger partial charge in [-0.05, 0) is 36.2 Å². The number of benzene rings is 2. The molecule has 2 aromatic carbocycles. The molecule has 0 aliphatic heterocycles. The van der Waals surface area contributed by atoms with E-state index in [-0.39, 0.29) is 23.6 Å². The number of hydrogen-bond donors (Lipinski definition) is 0. The second kappa shape index (κ2) is 6.08. The van der Waals surface area contributed by atoms with Gasteiger partial charge in [-0.25, -0.2) is 4.39 Å². The molecule has 0 fully saturated rings. The Balaban J connectivity index is 2.00. The third-order valence-electron chi connectivity index (χ3n) is 3.06. The Labute approximate surface area is 119 Å². The molecule has 5 heteroatoms. The highest BCUT2D eigenvalue weighted by atomic mass is 19.4. The minimum atomic E-state index is -4.41. The molecule has 0 saturated heterocycles. The molecule has 2 rings (SSSR count). The molecule has 1 nitrogen and oxygen atoms in total. The molecule has 110 valence electrons. The lowest BCUT2D eigenvalue weighted by molar-refractivity contribution is -0.137. The van der Waals surface area contributed by atoms with E-state index in [4.69, 9.17) is 0 Å². The molecule has 0 spiro atoms. The van der Waals surface area contributed by atoms with E-state index in [1.54, 1.807) is 12.1 Å². The average molecular weight is 296 g/mol. The van der Waals surface area contributed by atoms with Crippen LogP contribution in [0.3, 0.4) is 0 Å². The number of aryl methyl sites for hydroxylation is 1. The minimum Gasteiger partial charge on any atom is -0.294 e. The first-order chi connectivity index (χ1) is 9.86. The lowest BCUT2D eigenvalue weighted by Gasteiger charge is -2.07. The fourth-order valence-electron chi connectivity index (χ4n) is 1.94. The molecule has 0 bridgehead atoms. The molecular weight excluding hydrogens is 284 g/mol. The molecule has 21 heavy (non-hydrogen) atoms. The van der Waals surface area contributed by atoms with Gasteiger partial charge in [-0.2, -0.15) is 13.2 Å². The number of halogens is 4. The monoisotopic (exact) mass is 296 g/mol. The van der Waals surface area contributed by atoms with Crippen molar-refractivity contribution in [2.24, 2.45) is 0 Å². The number of Topliss-reactive ketones (excluding diaryl/α,β-unsaturated/α-hetero) is 1. The van der Waals surface area contributed by atoms with E-state index in [1.807, 2.05) is 0 Å². The maximum Gasteiger partial charge on any atom is 0.416 e. The highest BCUT2D eigenvalue weighted by Crippen LogP contribution is 2.29. The van der Waals surface area contributed by atoms with E-state index in [2.05, 4.69) is 0 Å². The predicted octanol–water partition coefficient (Wildman–Crippen LogP) is 4.66. The van der Waals surface area contributed by atoms with Crippen LogP contribution in [0.2, 0.25) is 0 Å². The molecular formula is C16H12F4O. The number of hydrogen-bond acceptors (Lipinski definition) is 1. The maximum absolute atomic E-state index is 13.0. The van der Waals surface area contributed by atoms with Crippen LogP contribution >= 0.6 is 0 Å². The van der Waals surface area contributed by atoms with Gasteiger partial charge in [-0.15, -0.1) is 0 Å². The van der Waals surface area contributed by atoms with Gasteiger partial charge in [0.05, 0.1) is 5.56 Å². The van der Waals surface area contributed by atoms with Gasteiger partial charge in [-0.1, -0.05) is 24.3 Å². The number of carbonyl (C=O) groups excluding carboxylic acids is 1. The quantitative estimate of drug-likeness (QED) is 0.592. The molecule has 0 saturated carbocycles. The van der Waals surface area contributed by atoms with Crippen molar-refractivity contribution in [3.63, 3.8) is 0 Å². The van der Waals surface area contributed by atoms with Crippen molar-refractivity contribution >= 4 is 5.78 Å². The summed E-state index contributed by atoms with van der Waals surface area (Å²) in [6.45, 7) is 0. The molecule has 2 aromatic rings. The summed E-state index contributed by atoms with van der Waals surface area (Å²) in [5.74, 6) is -0.650. The predicted molar refractivity (Wildman–Crippen MR) is 70.5 cm³/mol. The summed E-state index contributed by atoms with van der Waals surface area (Å²) >= 11 is 0. The first-order valence-electron chi connectivity index (χ1n) is 6.31. The molecule has 0 amide bonds. The molecule has 0 atom stereocenters. The van der Waals surface area contributed by atoms with Crippen molar-refractivity contribution in [1.82, 2.24) is 0 Å². The number of carbonyl (C=O) groups is 1. The van der Waals surface area contributed by atoms with E-state index in [0.717, 1.165) is 24.3 Å². The van der Waals surface area contributed by atoms with Gasteiger partial charge in [-0.3, -0.25) is 4.79 Å². The SMILES string of the molecule is O=C(CCc1cccc(F)c1)c1ccc(C(F)(F)F)cc1. The van der Waals surface area contributed by atoms with Crippen molar-refractivity contribution in [2.45, 2.75) is 19.0 Å². The average Bonchev–Trinajstić information content (AvgIpc) is 2.44. The number of ketones is 1. The Morgan fingerprint density at radius 1 is 1.00 bits per heavy atom. The summed E-state index contributed by atoms with van der Waals surface area (Å²) in [6.07, 6.45) is -3.95. The normalized spacial score (nSPS) is 11.4.